The van der Waals surface area contributed by atoms with Crippen molar-refractivity contribution in [1.82, 2.24) is 14.6 Å². The molecule has 0 amide bonds. The second-order valence-electron chi connectivity index (χ2n) is 7.40. The molecule has 0 bridgehead atoms. The van der Waals surface area contributed by atoms with E-state index in [-0.39, 0.29) is 11.5 Å². The molecule has 0 spiro atoms. The summed E-state index contributed by atoms with van der Waals surface area (Å²) < 4.78 is 21.3. The molecule has 6 nitrogen and oxygen atoms in total. The molecule has 3 aromatic rings. The molecule has 0 radical (unpaired) electrons. The first kappa shape index (κ1) is 16.5. The van der Waals surface area contributed by atoms with Gasteiger partial charge < -0.3 is 15.4 Å². The van der Waals surface area contributed by atoms with Crippen LogP contribution in [0.1, 0.15) is 30.1 Å². The first-order valence-electron chi connectivity index (χ1n) is 9.39. The Kier molecular flexibility index (Phi) is 3.79. The van der Waals surface area contributed by atoms with E-state index in [0.29, 0.717) is 19.1 Å². The summed E-state index contributed by atoms with van der Waals surface area (Å²) in [5.41, 5.74) is 9.55. The summed E-state index contributed by atoms with van der Waals surface area (Å²) >= 11 is 0. The van der Waals surface area contributed by atoms with E-state index in [1.54, 1.807) is 6.07 Å². The molecule has 3 heterocycles. The number of nitrogens with zero attached hydrogens (tertiary/aromatic N) is 4. The summed E-state index contributed by atoms with van der Waals surface area (Å²) in [4.78, 5) is 7.05. The molecular formula is C20H22FN5O. The van der Waals surface area contributed by atoms with E-state index in [0.717, 1.165) is 59.9 Å². The SMILES string of the molecule is Cc1cc(F)c(N)cc1-c1cc(N2CCOCC2)n2nc(C3CC3)nc2c1. The van der Waals surface area contributed by atoms with Gasteiger partial charge in [-0.3, -0.25) is 0 Å². The van der Waals surface area contributed by atoms with E-state index in [1.807, 2.05) is 17.5 Å². The van der Waals surface area contributed by atoms with Crippen LogP contribution in [0.4, 0.5) is 15.9 Å². The van der Waals surface area contributed by atoms with Crippen LogP contribution in [-0.2, 0) is 4.74 Å². The van der Waals surface area contributed by atoms with Crippen molar-refractivity contribution in [2.24, 2.45) is 0 Å². The lowest BCUT2D eigenvalue weighted by Gasteiger charge is -2.29. The topological polar surface area (TPSA) is 68.7 Å². The first-order valence-corrected chi connectivity index (χ1v) is 9.39. The summed E-state index contributed by atoms with van der Waals surface area (Å²) in [5, 5.41) is 4.78. The van der Waals surface area contributed by atoms with Crippen molar-refractivity contribution in [1.29, 1.82) is 0 Å². The molecule has 27 heavy (non-hydrogen) atoms. The average molecular weight is 367 g/mol. The summed E-state index contributed by atoms with van der Waals surface area (Å²) in [6, 6.07) is 7.31. The van der Waals surface area contributed by atoms with Crippen molar-refractivity contribution in [3.8, 4) is 11.1 Å². The monoisotopic (exact) mass is 367 g/mol. The lowest BCUT2D eigenvalue weighted by Crippen LogP contribution is -2.37. The molecule has 1 saturated carbocycles. The molecule has 5 rings (SSSR count). The zero-order chi connectivity index (χ0) is 18.5. The van der Waals surface area contributed by atoms with Crippen molar-refractivity contribution in [2.45, 2.75) is 25.7 Å². The minimum absolute atomic E-state index is 0.156. The molecule has 140 valence electrons. The number of pyridine rings is 1. The first-order chi connectivity index (χ1) is 13.1. The van der Waals surface area contributed by atoms with Crippen LogP contribution in [0.3, 0.4) is 0 Å². The van der Waals surface area contributed by atoms with Gasteiger partial charge in [0, 0.05) is 19.0 Å². The van der Waals surface area contributed by atoms with Crippen LogP contribution >= 0.6 is 0 Å². The molecule has 0 atom stereocenters. The molecule has 0 unspecified atom stereocenters. The van der Waals surface area contributed by atoms with Crippen LogP contribution in [0.2, 0.25) is 0 Å². The largest absolute Gasteiger partial charge is 0.396 e. The lowest BCUT2D eigenvalue weighted by molar-refractivity contribution is 0.122. The Morgan fingerprint density at radius 2 is 1.93 bits per heavy atom. The fourth-order valence-corrected chi connectivity index (χ4v) is 3.67. The van der Waals surface area contributed by atoms with Crippen molar-refractivity contribution in [3.05, 3.63) is 41.5 Å². The van der Waals surface area contributed by atoms with Gasteiger partial charge in [-0.25, -0.2) is 9.37 Å². The molecular weight excluding hydrogens is 345 g/mol. The molecule has 1 saturated heterocycles. The van der Waals surface area contributed by atoms with Crippen molar-refractivity contribution in [2.75, 3.05) is 36.9 Å². The quantitative estimate of drug-likeness (QED) is 0.720. The smallest absolute Gasteiger partial charge is 0.158 e. The van der Waals surface area contributed by atoms with Gasteiger partial charge in [-0.2, -0.15) is 4.52 Å². The lowest BCUT2D eigenvalue weighted by atomic mass is 10.00. The standard InChI is InChI=1S/C20H22FN5O/c1-12-8-16(21)17(22)11-15(12)14-9-18-23-20(13-2-3-13)24-26(18)19(10-14)25-4-6-27-7-5-25/h8-11,13H,2-7,22H2,1H3. The van der Waals surface area contributed by atoms with Gasteiger partial charge in [0.25, 0.3) is 0 Å². The highest BCUT2D eigenvalue weighted by Crippen LogP contribution is 2.39. The fourth-order valence-electron chi connectivity index (χ4n) is 3.67. The third kappa shape index (κ3) is 2.92. The normalized spacial score (nSPS) is 17.6. The molecule has 2 aliphatic rings. The number of fused-ring (bicyclic) bond motifs is 1. The maximum absolute atomic E-state index is 13.8. The molecule has 1 aliphatic heterocycles. The van der Waals surface area contributed by atoms with Crippen LogP contribution in [0.25, 0.3) is 16.8 Å². The van der Waals surface area contributed by atoms with Crippen molar-refractivity contribution < 1.29 is 9.13 Å². The number of ether oxygens (including phenoxy) is 1. The van der Waals surface area contributed by atoms with Crippen molar-refractivity contribution >= 4 is 17.2 Å². The van der Waals surface area contributed by atoms with Crippen molar-refractivity contribution in [3.63, 3.8) is 0 Å². The second-order valence-corrected chi connectivity index (χ2v) is 7.40. The number of anilines is 2. The van der Waals surface area contributed by atoms with Crippen LogP contribution in [0.15, 0.2) is 24.3 Å². The zero-order valence-corrected chi connectivity index (χ0v) is 15.3. The van der Waals surface area contributed by atoms with Crippen LogP contribution in [0, 0.1) is 12.7 Å². The van der Waals surface area contributed by atoms with Gasteiger partial charge >= 0.3 is 0 Å². The molecule has 7 heteroatoms. The Labute approximate surface area is 156 Å². The zero-order valence-electron chi connectivity index (χ0n) is 15.3. The Bertz CT molecular complexity index is 1020. The van der Waals surface area contributed by atoms with E-state index >= 15 is 0 Å². The maximum Gasteiger partial charge on any atom is 0.158 e. The highest BCUT2D eigenvalue weighted by Gasteiger charge is 2.29. The summed E-state index contributed by atoms with van der Waals surface area (Å²) in [6.07, 6.45) is 2.31. The number of rotatable bonds is 3. The van der Waals surface area contributed by atoms with Gasteiger partial charge in [0.1, 0.15) is 11.6 Å². The number of halogens is 1. The Balaban J connectivity index is 1.69. The van der Waals surface area contributed by atoms with Crippen LogP contribution in [0.5, 0.6) is 0 Å². The number of morpholine rings is 1. The summed E-state index contributed by atoms with van der Waals surface area (Å²) in [6.45, 7) is 4.90. The number of hydrogen-bond acceptors (Lipinski definition) is 5. The Morgan fingerprint density at radius 1 is 1.15 bits per heavy atom. The highest BCUT2D eigenvalue weighted by molar-refractivity contribution is 5.76. The summed E-state index contributed by atoms with van der Waals surface area (Å²) in [5.74, 6) is 2.00. The fraction of sp³-hybridized carbons (Fsp3) is 0.400. The Morgan fingerprint density at radius 3 is 2.67 bits per heavy atom. The van der Waals surface area contributed by atoms with Crippen LogP contribution < -0.4 is 10.6 Å². The van der Waals surface area contributed by atoms with Gasteiger partial charge in [0.15, 0.2) is 11.5 Å². The third-order valence-corrected chi connectivity index (χ3v) is 5.37. The molecule has 2 aromatic heterocycles. The Hall–Kier alpha value is -2.67. The maximum atomic E-state index is 13.8. The number of nitrogens with two attached hydrogens (primary N) is 1. The minimum atomic E-state index is -0.385. The van der Waals surface area contributed by atoms with Gasteiger partial charge in [-0.15, -0.1) is 5.10 Å². The van der Waals surface area contributed by atoms with E-state index in [4.69, 9.17) is 20.6 Å². The number of benzene rings is 1. The third-order valence-electron chi connectivity index (χ3n) is 5.37. The van der Waals surface area contributed by atoms with Gasteiger partial charge in [0.2, 0.25) is 0 Å². The molecule has 2 N–H and O–H groups in total. The van der Waals surface area contributed by atoms with Gasteiger partial charge in [-0.1, -0.05) is 0 Å². The molecule has 1 aliphatic carbocycles. The molecule has 1 aromatic carbocycles. The second kappa shape index (κ2) is 6.20. The number of nitrogen functional groups attached to an aromatic ring is 1. The van der Waals surface area contributed by atoms with Crippen LogP contribution in [-0.4, -0.2) is 40.9 Å². The highest BCUT2D eigenvalue weighted by atomic mass is 19.1. The van der Waals surface area contributed by atoms with Gasteiger partial charge in [0.05, 0.1) is 18.9 Å². The molecule has 2 fully saturated rings. The number of hydrogen-bond donors (Lipinski definition) is 1. The summed E-state index contributed by atoms with van der Waals surface area (Å²) in [7, 11) is 0. The number of aromatic nitrogens is 3. The minimum Gasteiger partial charge on any atom is -0.396 e. The predicted molar refractivity (Wildman–Crippen MR) is 103 cm³/mol. The predicted octanol–water partition coefficient (Wildman–Crippen LogP) is 3.14. The number of aryl methyl sites for hydroxylation is 1. The van der Waals surface area contributed by atoms with E-state index in [2.05, 4.69) is 11.0 Å². The van der Waals surface area contributed by atoms with E-state index in [1.165, 1.54) is 6.07 Å². The van der Waals surface area contributed by atoms with E-state index < -0.39 is 0 Å². The van der Waals surface area contributed by atoms with E-state index in [9.17, 15) is 4.39 Å². The average Bonchev–Trinajstić information content (AvgIpc) is 3.43. The van der Waals surface area contributed by atoms with Gasteiger partial charge in [-0.05, 0) is 60.7 Å².